The standard InChI is InChI=1S/C35H43BrF3N5O4/c36-29-22-24(8-9-28(29)35(37,38)39)23-31(32(45)44(20-4-1-5-21-44)27-10-15-40-16-11-27)48-34(47)42-17-13-26(14-18-42)43-19-12-25-6-2-3-7-30(25)41-33(43)46/h2-3,6-9,22,26-27,31,40H,1,4-5,10-21,23H2/p+1/t31-/m1/s1. The number of carbonyl (C=O) groups excluding carboxylic acids is 3. The summed E-state index contributed by atoms with van der Waals surface area (Å²) in [4.78, 5) is 45.0. The monoisotopic (exact) mass is 734 g/mol. The highest BCUT2D eigenvalue weighted by molar-refractivity contribution is 9.10. The van der Waals surface area contributed by atoms with E-state index in [0.29, 0.717) is 51.1 Å². The first kappa shape index (κ1) is 34.7. The molecular formula is C35H44BrF3N5O4+. The number of hydrogen-bond acceptors (Lipinski definition) is 5. The molecule has 3 fully saturated rings. The molecule has 0 spiro atoms. The fourth-order valence-corrected chi connectivity index (χ4v) is 8.68. The lowest BCUT2D eigenvalue weighted by atomic mass is 9.94. The molecule has 6 rings (SSSR count). The van der Waals surface area contributed by atoms with Crippen molar-refractivity contribution in [2.24, 2.45) is 0 Å². The van der Waals surface area contributed by atoms with E-state index in [4.69, 9.17) is 4.74 Å². The first-order valence-electron chi connectivity index (χ1n) is 17.1. The predicted octanol–water partition coefficient (Wildman–Crippen LogP) is 6.35. The molecule has 0 saturated carbocycles. The van der Waals surface area contributed by atoms with E-state index in [2.05, 4.69) is 26.6 Å². The Kier molecular flexibility index (Phi) is 10.7. The lowest BCUT2D eigenvalue weighted by molar-refractivity contribution is -0.886. The van der Waals surface area contributed by atoms with Crippen LogP contribution in [-0.2, 0) is 28.5 Å². The predicted molar refractivity (Wildman–Crippen MR) is 178 cm³/mol. The van der Waals surface area contributed by atoms with Gasteiger partial charge in [-0.25, -0.2) is 14.4 Å². The van der Waals surface area contributed by atoms with E-state index in [1.165, 1.54) is 12.1 Å². The molecule has 13 heteroatoms. The van der Waals surface area contributed by atoms with Crippen LogP contribution in [0.2, 0.25) is 0 Å². The molecular weight excluding hydrogens is 691 g/mol. The minimum Gasteiger partial charge on any atom is -0.431 e. The zero-order valence-corrected chi connectivity index (χ0v) is 28.7. The van der Waals surface area contributed by atoms with Gasteiger partial charge in [-0.3, -0.25) is 4.48 Å². The van der Waals surface area contributed by atoms with Crippen molar-refractivity contribution in [3.63, 3.8) is 0 Å². The molecule has 0 radical (unpaired) electrons. The number of amides is 4. The Morgan fingerprint density at radius 3 is 2.38 bits per heavy atom. The van der Waals surface area contributed by atoms with Gasteiger partial charge >= 0.3 is 24.2 Å². The molecule has 48 heavy (non-hydrogen) atoms. The molecule has 4 amide bonds. The van der Waals surface area contributed by atoms with Crippen molar-refractivity contribution >= 4 is 39.6 Å². The molecule has 0 unspecified atom stereocenters. The van der Waals surface area contributed by atoms with E-state index in [0.717, 1.165) is 68.9 Å². The number of benzene rings is 2. The number of urea groups is 1. The van der Waals surface area contributed by atoms with E-state index in [9.17, 15) is 27.6 Å². The number of quaternary nitrogens is 1. The Hall–Kier alpha value is -3.16. The summed E-state index contributed by atoms with van der Waals surface area (Å²) in [7, 11) is 0. The highest BCUT2D eigenvalue weighted by atomic mass is 79.9. The molecule has 0 aromatic heterocycles. The Morgan fingerprint density at radius 2 is 1.69 bits per heavy atom. The van der Waals surface area contributed by atoms with Crippen molar-refractivity contribution in [1.29, 1.82) is 0 Å². The van der Waals surface area contributed by atoms with Crippen LogP contribution in [0.25, 0.3) is 0 Å². The zero-order valence-electron chi connectivity index (χ0n) is 27.1. The van der Waals surface area contributed by atoms with Crippen molar-refractivity contribution in [3.8, 4) is 0 Å². The van der Waals surface area contributed by atoms with Gasteiger partial charge in [0.2, 0.25) is 6.10 Å². The first-order chi connectivity index (χ1) is 23.0. The number of hydrogen-bond donors (Lipinski definition) is 2. The number of carbonyl (C=O) groups is 3. The van der Waals surface area contributed by atoms with Crippen molar-refractivity contribution in [1.82, 2.24) is 15.1 Å². The number of nitrogens with zero attached hydrogens (tertiary/aromatic N) is 3. The molecule has 2 aromatic rings. The normalized spacial score (nSPS) is 21.5. The van der Waals surface area contributed by atoms with Gasteiger partial charge in [-0.1, -0.05) is 40.2 Å². The number of likely N-dealkylation sites (tertiary alicyclic amines) is 2. The molecule has 3 saturated heterocycles. The smallest absolute Gasteiger partial charge is 0.417 e. The van der Waals surface area contributed by atoms with Crippen LogP contribution in [-0.4, -0.2) is 96.3 Å². The maximum Gasteiger partial charge on any atom is 0.417 e. The van der Waals surface area contributed by atoms with Gasteiger partial charge < -0.3 is 25.2 Å². The summed E-state index contributed by atoms with van der Waals surface area (Å²) in [5, 5.41) is 6.39. The zero-order chi connectivity index (χ0) is 33.9. The van der Waals surface area contributed by atoms with Gasteiger partial charge in [0.15, 0.2) is 0 Å². The molecule has 9 nitrogen and oxygen atoms in total. The van der Waals surface area contributed by atoms with E-state index in [1.807, 2.05) is 29.2 Å². The van der Waals surface area contributed by atoms with Gasteiger partial charge in [-0.2, -0.15) is 13.2 Å². The summed E-state index contributed by atoms with van der Waals surface area (Å²) in [6.45, 7) is 4.26. The number of ether oxygens (including phenoxy) is 1. The van der Waals surface area contributed by atoms with E-state index >= 15 is 0 Å². The van der Waals surface area contributed by atoms with Crippen LogP contribution in [0.5, 0.6) is 0 Å². The first-order valence-corrected chi connectivity index (χ1v) is 17.9. The summed E-state index contributed by atoms with van der Waals surface area (Å²) >= 11 is 3.06. The average molecular weight is 736 g/mol. The van der Waals surface area contributed by atoms with Crippen molar-refractivity contribution < 1.29 is 36.8 Å². The highest BCUT2D eigenvalue weighted by Gasteiger charge is 2.50. The van der Waals surface area contributed by atoms with E-state index in [-0.39, 0.29) is 39.4 Å². The van der Waals surface area contributed by atoms with Crippen LogP contribution in [0.4, 0.5) is 28.4 Å². The lowest BCUT2D eigenvalue weighted by Gasteiger charge is -2.47. The molecule has 260 valence electrons. The highest BCUT2D eigenvalue weighted by Crippen LogP contribution is 2.36. The van der Waals surface area contributed by atoms with Crippen LogP contribution in [0.1, 0.15) is 61.6 Å². The molecule has 4 heterocycles. The number of halogens is 4. The fourth-order valence-electron chi connectivity index (χ4n) is 8.03. The minimum absolute atomic E-state index is 0.0166. The van der Waals surface area contributed by atoms with E-state index in [1.54, 1.807) is 4.90 Å². The molecule has 4 aliphatic rings. The number of fused-ring (bicyclic) bond motifs is 1. The maximum absolute atomic E-state index is 14.7. The summed E-state index contributed by atoms with van der Waals surface area (Å²) in [5.41, 5.74) is 1.59. The Morgan fingerprint density at radius 1 is 0.979 bits per heavy atom. The van der Waals surface area contributed by atoms with Crippen LogP contribution in [0.15, 0.2) is 46.9 Å². The number of piperidine rings is 3. The largest absolute Gasteiger partial charge is 0.431 e. The van der Waals surface area contributed by atoms with E-state index < -0.39 is 23.9 Å². The van der Waals surface area contributed by atoms with Crippen molar-refractivity contribution in [3.05, 3.63) is 63.6 Å². The third-order valence-corrected chi connectivity index (χ3v) is 11.3. The Bertz CT molecular complexity index is 1490. The van der Waals surface area contributed by atoms with Crippen LogP contribution < -0.4 is 10.6 Å². The summed E-state index contributed by atoms with van der Waals surface area (Å²) in [5.74, 6) is -0.165. The molecule has 4 aliphatic heterocycles. The second-order valence-corrected chi connectivity index (χ2v) is 14.4. The third kappa shape index (κ3) is 7.52. The Labute approximate surface area is 287 Å². The lowest BCUT2D eigenvalue weighted by Crippen LogP contribution is -2.67. The van der Waals surface area contributed by atoms with Gasteiger partial charge in [-0.15, -0.1) is 0 Å². The Balaban J connectivity index is 1.18. The van der Waals surface area contributed by atoms with Crippen molar-refractivity contribution in [2.75, 3.05) is 51.1 Å². The second-order valence-electron chi connectivity index (χ2n) is 13.5. The number of nitrogens with one attached hydrogen (secondary N) is 2. The number of rotatable bonds is 6. The second kappa shape index (κ2) is 14.8. The number of alkyl halides is 3. The summed E-state index contributed by atoms with van der Waals surface area (Å²) in [6.07, 6.45) is 0.0582. The molecule has 0 aliphatic carbocycles. The molecule has 1 atom stereocenters. The van der Waals surface area contributed by atoms with Crippen LogP contribution in [0.3, 0.4) is 0 Å². The minimum atomic E-state index is -4.53. The fraction of sp³-hybridized carbons (Fsp3) is 0.571. The van der Waals surface area contributed by atoms with Gasteiger partial charge in [0, 0.05) is 68.2 Å². The number of para-hydroxylation sites is 1. The van der Waals surface area contributed by atoms with Crippen molar-refractivity contribution in [2.45, 2.75) is 82.2 Å². The van der Waals surface area contributed by atoms with Gasteiger partial charge in [0.05, 0.1) is 24.7 Å². The quantitative estimate of drug-likeness (QED) is 0.338. The summed E-state index contributed by atoms with van der Waals surface area (Å²) < 4.78 is 46.8. The maximum atomic E-state index is 14.7. The molecule has 2 N–H and O–H groups in total. The number of anilines is 1. The topological polar surface area (TPSA) is 91.0 Å². The van der Waals surface area contributed by atoms with Crippen LogP contribution in [0, 0.1) is 0 Å². The SMILES string of the molecule is O=C(O[C@H](Cc1ccc(C(F)(F)F)c(Br)c1)C(=O)[N+]1(C2CCNCC2)CCCCC1)N1CCC(N2CCc3ccccc3NC2=O)CC1. The average Bonchev–Trinajstić information content (AvgIpc) is 3.26. The van der Waals surface area contributed by atoms with Crippen LogP contribution >= 0.6 is 15.9 Å². The molecule has 0 bridgehead atoms. The van der Waals surface area contributed by atoms with Gasteiger partial charge in [-0.05, 0) is 67.9 Å². The van der Waals surface area contributed by atoms with Gasteiger partial charge in [0.25, 0.3) is 0 Å². The van der Waals surface area contributed by atoms with Gasteiger partial charge in [0.1, 0.15) is 0 Å². The molecule has 2 aromatic carbocycles. The third-order valence-electron chi connectivity index (χ3n) is 10.6. The summed E-state index contributed by atoms with van der Waals surface area (Å²) in [6, 6.07) is 11.4.